The molecule has 1 aromatic carbocycles. The Morgan fingerprint density at radius 3 is 2.61 bits per heavy atom. The van der Waals surface area contributed by atoms with Gasteiger partial charge in [0.05, 0.1) is 19.4 Å². The van der Waals surface area contributed by atoms with Crippen molar-refractivity contribution in [1.82, 2.24) is 19.7 Å². The molecule has 2 aliphatic heterocycles. The van der Waals surface area contributed by atoms with Gasteiger partial charge in [-0.3, -0.25) is 19.4 Å². The van der Waals surface area contributed by atoms with Crippen LogP contribution in [0.2, 0.25) is 0 Å². The van der Waals surface area contributed by atoms with Gasteiger partial charge in [0.1, 0.15) is 0 Å². The summed E-state index contributed by atoms with van der Waals surface area (Å²) in [6.45, 7) is 5.08. The van der Waals surface area contributed by atoms with E-state index >= 15 is 0 Å². The molecule has 0 aliphatic carbocycles. The Hall–Kier alpha value is -3.29. The minimum absolute atomic E-state index is 0.173. The second kappa shape index (κ2) is 9.29. The normalized spacial score (nSPS) is 17.8. The van der Waals surface area contributed by atoms with E-state index in [0.29, 0.717) is 5.41 Å². The molecular weight excluding hydrogens is 414 g/mol. The average molecular weight is 444 g/mol. The molecule has 4 heterocycles. The van der Waals surface area contributed by atoms with Crippen molar-refractivity contribution in [3.8, 4) is 11.1 Å². The minimum atomic E-state index is -0.173. The molecule has 1 N–H and O–H groups in total. The van der Waals surface area contributed by atoms with E-state index in [2.05, 4.69) is 32.4 Å². The summed E-state index contributed by atoms with van der Waals surface area (Å²) < 4.78 is 7.17. The van der Waals surface area contributed by atoms with E-state index in [1.54, 1.807) is 35.4 Å². The van der Waals surface area contributed by atoms with Crippen molar-refractivity contribution in [2.75, 3.05) is 31.6 Å². The number of piperidine rings is 1. The van der Waals surface area contributed by atoms with Crippen LogP contribution < -0.4 is 5.32 Å². The molecule has 0 atom stereocenters. The number of benzene rings is 1. The number of nitrogens with one attached hydrogen (secondary N) is 1. The van der Waals surface area contributed by atoms with E-state index in [1.165, 1.54) is 18.4 Å². The molecule has 170 valence electrons. The van der Waals surface area contributed by atoms with Crippen molar-refractivity contribution >= 4 is 17.7 Å². The van der Waals surface area contributed by atoms with Crippen LogP contribution in [0.4, 0.5) is 5.69 Å². The van der Waals surface area contributed by atoms with Gasteiger partial charge in [0.2, 0.25) is 5.91 Å². The molecule has 7 nitrogen and oxygen atoms in total. The maximum Gasteiger partial charge on any atom is 0.248 e. The average Bonchev–Trinajstić information content (AvgIpc) is 3.25. The Morgan fingerprint density at radius 1 is 1.15 bits per heavy atom. The number of anilines is 1. The van der Waals surface area contributed by atoms with Crippen LogP contribution >= 0.6 is 0 Å². The van der Waals surface area contributed by atoms with Crippen LogP contribution in [-0.2, 0) is 23.1 Å². The van der Waals surface area contributed by atoms with E-state index in [0.717, 1.165) is 55.2 Å². The first kappa shape index (κ1) is 21.6. The molecule has 1 amide bonds. The Morgan fingerprint density at radius 2 is 1.94 bits per heavy atom. The molecule has 0 saturated carbocycles. The summed E-state index contributed by atoms with van der Waals surface area (Å²) in [4.78, 5) is 19.2. The summed E-state index contributed by atoms with van der Waals surface area (Å²) in [5, 5.41) is 7.17. The highest BCUT2D eigenvalue weighted by Gasteiger charge is 2.40. The number of likely N-dealkylation sites (tertiary alicyclic amines) is 1. The first-order valence-electron chi connectivity index (χ1n) is 11.4. The fourth-order valence-electron chi connectivity index (χ4n) is 4.53. The number of nitrogens with zero attached hydrogens (tertiary/aromatic N) is 4. The van der Waals surface area contributed by atoms with Gasteiger partial charge in [-0.15, -0.1) is 0 Å². The molecule has 2 aliphatic rings. The number of hydrogen-bond acceptors (Lipinski definition) is 5. The number of rotatable bonds is 6. The number of aryl methyl sites for hydroxylation is 1. The highest BCUT2D eigenvalue weighted by atomic mass is 16.5. The van der Waals surface area contributed by atoms with Gasteiger partial charge in [0.15, 0.2) is 0 Å². The topological polar surface area (TPSA) is 72.3 Å². The lowest BCUT2D eigenvalue weighted by Gasteiger charge is -2.47. The third-order valence-corrected chi connectivity index (χ3v) is 6.64. The Labute approximate surface area is 194 Å². The van der Waals surface area contributed by atoms with E-state index in [9.17, 15) is 4.79 Å². The molecule has 7 heteroatoms. The molecule has 2 saturated heterocycles. The van der Waals surface area contributed by atoms with Gasteiger partial charge in [-0.2, -0.15) is 5.10 Å². The predicted molar refractivity (Wildman–Crippen MR) is 128 cm³/mol. The zero-order chi connectivity index (χ0) is 22.7. The summed E-state index contributed by atoms with van der Waals surface area (Å²) >= 11 is 0. The Kier molecular flexibility index (Phi) is 6.07. The standard InChI is InChI=1S/C26H29N5O2/c1-30-17-22(15-28-30)24-8-11-27-14-21(24)4-7-25(32)29-23-5-2-20(3-6-23)16-31-12-9-26(10-13-31)18-33-19-26/h2-8,11,14-15,17H,9-10,12-13,16,18-19H2,1H3,(H,29,32)/b7-4+. The highest BCUT2D eigenvalue weighted by molar-refractivity contribution is 6.02. The van der Waals surface area contributed by atoms with Gasteiger partial charge in [0, 0.05) is 60.5 Å². The van der Waals surface area contributed by atoms with E-state index < -0.39 is 0 Å². The molecular formula is C26H29N5O2. The summed E-state index contributed by atoms with van der Waals surface area (Å²) in [5.74, 6) is -0.173. The van der Waals surface area contributed by atoms with Crippen LogP contribution in [0.15, 0.2) is 61.2 Å². The molecule has 2 fully saturated rings. The molecule has 0 bridgehead atoms. The van der Waals surface area contributed by atoms with E-state index in [4.69, 9.17) is 4.74 Å². The number of amides is 1. The number of carbonyl (C=O) groups is 1. The quantitative estimate of drug-likeness (QED) is 0.588. The number of hydrogen-bond donors (Lipinski definition) is 1. The lowest BCUT2D eigenvalue weighted by Crippen LogP contribution is -2.50. The lowest BCUT2D eigenvalue weighted by molar-refractivity contribution is -0.140. The molecule has 0 radical (unpaired) electrons. The van der Waals surface area contributed by atoms with Crippen LogP contribution in [0.3, 0.4) is 0 Å². The number of carbonyl (C=O) groups excluding carboxylic acids is 1. The molecule has 2 aromatic heterocycles. The minimum Gasteiger partial charge on any atom is -0.380 e. The van der Waals surface area contributed by atoms with Gasteiger partial charge in [-0.05, 0) is 61.3 Å². The summed E-state index contributed by atoms with van der Waals surface area (Å²) in [6.07, 6.45) is 13.0. The third kappa shape index (κ3) is 5.05. The zero-order valence-corrected chi connectivity index (χ0v) is 18.9. The van der Waals surface area contributed by atoms with Gasteiger partial charge in [-0.1, -0.05) is 12.1 Å². The number of ether oxygens (including phenoxy) is 1. The molecule has 1 spiro atoms. The van der Waals surface area contributed by atoms with Gasteiger partial charge in [0.25, 0.3) is 0 Å². The summed E-state index contributed by atoms with van der Waals surface area (Å²) in [5.41, 5.74) is 5.36. The first-order valence-corrected chi connectivity index (χ1v) is 11.4. The third-order valence-electron chi connectivity index (χ3n) is 6.64. The molecule has 33 heavy (non-hydrogen) atoms. The molecule has 5 rings (SSSR count). The highest BCUT2D eigenvalue weighted by Crippen LogP contribution is 2.38. The Bertz CT molecular complexity index is 1140. The zero-order valence-electron chi connectivity index (χ0n) is 18.9. The SMILES string of the molecule is Cn1cc(-c2ccncc2/C=C/C(=O)Nc2ccc(CN3CCC4(CC3)COC4)cc2)cn1. The second-order valence-corrected chi connectivity index (χ2v) is 9.15. The second-order valence-electron chi connectivity index (χ2n) is 9.15. The summed E-state index contributed by atoms with van der Waals surface area (Å²) in [7, 11) is 1.88. The van der Waals surface area contributed by atoms with E-state index in [1.807, 2.05) is 31.4 Å². The van der Waals surface area contributed by atoms with Gasteiger partial charge in [-0.25, -0.2) is 0 Å². The first-order chi connectivity index (χ1) is 16.1. The van der Waals surface area contributed by atoms with Crippen molar-refractivity contribution in [2.45, 2.75) is 19.4 Å². The monoisotopic (exact) mass is 443 g/mol. The predicted octanol–water partition coefficient (Wildman–Crippen LogP) is 3.75. The number of aromatic nitrogens is 3. The van der Waals surface area contributed by atoms with Gasteiger partial charge < -0.3 is 10.1 Å². The fourth-order valence-corrected chi connectivity index (χ4v) is 4.53. The maximum atomic E-state index is 12.5. The molecule has 3 aromatic rings. The smallest absolute Gasteiger partial charge is 0.248 e. The van der Waals surface area contributed by atoms with Crippen LogP contribution in [-0.4, -0.2) is 51.9 Å². The largest absolute Gasteiger partial charge is 0.380 e. The van der Waals surface area contributed by atoms with Crippen molar-refractivity contribution in [1.29, 1.82) is 0 Å². The summed E-state index contributed by atoms with van der Waals surface area (Å²) in [6, 6.07) is 10.1. The van der Waals surface area contributed by atoms with Crippen molar-refractivity contribution in [3.63, 3.8) is 0 Å². The van der Waals surface area contributed by atoms with Crippen LogP contribution in [0, 0.1) is 5.41 Å². The van der Waals surface area contributed by atoms with Crippen molar-refractivity contribution in [3.05, 3.63) is 72.3 Å². The van der Waals surface area contributed by atoms with Crippen molar-refractivity contribution < 1.29 is 9.53 Å². The Balaban J connectivity index is 1.16. The van der Waals surface area contributed by atoms with Gasteiger partial charge >= 0.3 is 0 Å². The lowest BCUT2D eigenvalue weighted by atomic mass is 9.77. The molecule has 0 unspecified atom stereocenters. The van der Waals surface area contributed by atoms with Crippen LogP contribution in [0.25, 0.3) is 17.2 Å². The fraction of sp³-hybridized carbons (Fsp3) is 0.346. The van der Waals surface area contributed by atoms with E-state index in [-0.39, 0.29) is 5.91 Å². The maximum absolute atomic E-state index is 12.5. The van der Waals surface area contributed by atoms with Crippen LogP contribution in [0.1, 0.15) is 24.0 Å². The number of pyridine rings is 1. The van der Waals surface area contributed by atoms with Crippen molar-refractivity contribution in [2.24, 2.45) is 12.5 Å². The van der Waals surface area contributed by atoms with Crippen LogP contribution in [0.5, 0.6) is 0 Å².